The van der Waals surface area contributed by atoms with Crippen LogP contribution in [-0.4, -0.2) is 37.4 Å². The summed E-state index contributed by atoms with van der Waals surface area (Å²) in [5.74, 6) is -0.184. The number of ether oxygens (including phenoxy) is 1. The van der Waals surface area contributed by atoms with Crippen LogP contribution >= 0.6 is 0 Å². The molecule has 0 spiro atoms. The number of hydrogen-bond donors (Lipinski definition) is 3. The molecule has 1 aromatic rings. The van der Waals surface area contributed by atoms with Gasteiger partial charge in [0.25, 0.3) is 0 Å². The van der Waals surface area contributed by atoms with E-state index in [4.69, 9.17) is 4.74 Å². The Bertz CT molecular complexity index is 509. The zero-order valence-electron chi connectivity index (χ0n) is 14.1. The van der Waals surface area contributed by atoms with Gasteiger partial charge >= 0.3 is 6.03 Å². The van der Waals surface area contributed by atoms with Crippen LogP contribution in [0.2, 0.25) is 0 Å². The first kappa shape index (κ1) is 18.7. The van der Waals surface area contributed by atoms with E-state index in [0.717, 1.165) is 37.7 Å². The van der Waals surface area contributed by atoms with Crippen LogP contribution in [0.3, 0.4) is 0 Å². The van der Waals surface area contributed by atoms with Crippen molar-refractivity contribution in [2.75, 3.05) is 20.3 Å². The summed E-state index contributed by atoms with van der Waals surface area (Å²) < 4.78 is 18.4. The first-order chi connectivity index (χ1) is 11.6. The van der Waals surface area contributed by atoms with Gasteiger partial charge in [0.05, 0.1) is 6.10 Å². The zero-order valence-corrected chi connectivity index (χ0v) is 14.1. The maximum atomic E-state index is 13.0. The third kappa shape index (κ3) is 5.46. The highest BCUT2D eigenvalue weighted by atomic mass is 19.1. The van der Waals surface area contributed by atoms with Crippen molar-refractivity contribution in [3.8, 4) is 0 Å². The molecular weight excluding hydrogens is 311 g/mol. The van der Waals surface area contributed by atoms with Gasteiger partial charge in [-0.1, -0.05) is 31.4 Å². The SMILES string of the molecule is COC(CNC(=O)NC1CCCCCC1CO)c1ccc(F)cc1. The summed E-state index contributed by atoms with van der Waals surface area (Å²) in [4.78, 5) is 12.2. The van der Waals surface area contributed by atoms with Crippen LogP contribution in [0.1, 0.15) is 43.8 Å². The second-order valence-electron chi connectivity index (χ2n) is 6.32. The van der Waals surface area contributed by atoms with Crippen molar-refractivity contribution in [1.29, 1.82) is 0 Å². The normalized spacial score (nSPS) is 22.5. The quantitative estimate of drug-likeness (QED) is 0.699. The van der Waals surface area contributed by atoms with Gasteiger partial charge < -0.3 is 20.5 Å². The van der Waals surface area contributed by atoms with Crippen molar-refractivity contribution in [3.63, 3.8) is 0 Å². The molecule has 0 radical (unpaired) electrons. The second kappa shape index (κ2) is 9.59. The Morgan fingerprint density at radius 3 is 2.67 bits per heavy atom. The molecule has 2 amide bonds. The van der Waals surface area contributed by atoms with Crippen LogP contribution in [0.15, 0.2) is 24.3 Å². The minimum Gasteiger partial charge on any atom is -0.396 e. The lowest BCUT2D eigenvalue weighted by molar-refractivity contribution is 0.103. The van der Waals surface area contributed by atoms with Crippen molar-refractivity contribution in [3.05, 3.63) is 35.6 Å². The van der Waals surface area contributed by atoms with Crippen molar-refractivity contribution >= 4 is 6.03 Å². The van der Waals surface area contributed by atoms with Gasteiger partial charge in [-0.25, -0.2) is 9.18 Å². The molecule has 1 aromatic carbocycles. The second-order valence-corrected chi connectivity index (χ2v) is 6.32. The number of hydrogen-bond acceptors (Lipinski definition) is 3. The highest BCUT2D eigenvalue weighted by molar-refractivity contribution is 5.74. The Labute approximate surface area is 142 Å². The number of methoxy groups -OCH3 is 1. The minimum absolute atomic E-state index is 0.00400. The van der Waals surface area contributed by atoms with Crippen LogP contribution in [0.5, 0.6) is 0 Å². The molecule has 0 aromatic heterocycles. The number of urea groups is 1. The van der Waals surface area contributed by atoms with E-state index < -0.39 is 0 Å². The predicted molar refractivity (Wildman–Crippen MR) is 90.1 cm³/mol. The largest absolute Gasteiger partial charge is 0.396 e. The number of nitrogens with one attached hydrogen (secondary N) is 2. The molecule has 0 saturated heterocycles. The van der Waals surface area contributed by atoms with E-state index in [0.29, 0.717) is 6.54 Å². The fourth-order valence-electron chi connectivity index (χ4n) is 3.21. The van der Waals surface area contributed by atoms with Crippen LogP contribution in [0.25, 0.3) is 0 Å². The van der Waals surface area contributed by atoms with Crippen LogP contribution in [0, 0.1) is 11.7 Å². The summed E-state index contributed by atoms with van der Waals surface area (Å²) in [6.45, 7) is 0.395. The summed E-state index contributed by atoms with van der Waals surface area (Å²) in [6, 6.07) is 5.79. The summed E-state index contributed by atoms with van der Waals surface area (Å²) in [5.41, 5.74) is 0.807. The van der Waals surface area contributed by atoms with Crippen molar-refractivity contribution in [1.82, 2.24) is 10.6 Å². The van der Waals surface area contributed by atoms with E-state index in [9.17, 15) is 14.3 Å². The number of carbonyl (C=O) groups is 1. The average Bonchev–Trinajstić information content (AvgIpc) is 2.81. The van der Waals surface area contributed by atoms with E-state index in [-0.39, 0.29) is 36.5 Å². The molecule has 2 rings (SSSR count). The molecule has 3 unspecified atom stereocenters. The number of benzene rings is 1. The van der Waals surface area contributed by atoms with Crippen molar-refractivity contribution < 1.29 is 19.0 Å². The standard InChI is InChI=1S/C18H27FN2O3/c1-24-17(13-7-9-15(19)10-8-13)11-20-18(23)21-16-6-4-2-3-5-14(16)12-22/h7-10,14,16-17,22H,2-6,11-12H2,1H3,(H2,20,21,23). The molecule has 0 bridgehead atoms. The van der Waals surface area contributed by atoms with Crippen molar-refractivity contribution in [2.45, 2.75) is 44.2 Å². The fraction of sp³-hybridized carbons (Fsp3) is 0.611. The summed E-state index contributed by atoms with van der Waals surface area (Å²) >= 11 is 0. The van der Waals surface area contributed by atoms with E-state index >= 15 is 0 Å². The summed E-state index contributed by atoms with van der Waals surface area (Å²) in [6.07, 6.45) is 4.81. The Balaban J connectivity index is 1.85. The Hall–Kier alpha value is -1.66. The van der Waals surface area contributed by atoms with Crippen LogP contribution < -0.4 is 10.6 Å². The maximum Gasteiger partial charge on any atom is 0.315 e. The molecule has 1 aliphatic carbocycles. The highest BCUT2D eigenvalue weighted by Crippen LogP contribution is 2.23. The molecular formula is C18H27FN2O3. The number of carbonyl (C=O) groups excluding carboxylic acids is 1. The molecule has 24 heavy (non-hydrogen) atoms. The zero-order chi connectivity index (χ0) is 17.4. The first-order valence-electron chi connectivity index (χ1n) is 8.57. The van der Waals surface area contributed by atoms with E-state index in [1.165, 1.54) is 12.1 Å². The topological polar surface area (TPSA) is 70.6 Å². The number of rotatable bonds is 6. The molecule has 1 aliphatic rings. The Morgan fingerprint density at radius 1 is 1.29 bits per heavy atom. The number of aliphatic hydroxyl groups excluding tert-OH is 1. The third-order valence-corrected chi connectivity index (χ3v) is 4.68. The minimum atomic E-state index is -0.334. The third-order valence-electron chi connectivity index (χ3n) is 4.68. The summed E-state index contributed by atoms with van der Waals surface area (Å²) in [5, 5.41) is 15.3. The predicted octanol–water partition coefficient (Wildman–Crippen LogP) is 2.75. The van der Waals surface area contributed by atoms with Gasteiger partial charge in [-0.15, -0.1) is 0 Å². The molecule has 1 saturated carbocycles. The van der Waals surface area contributed by atoms with E-state index in [2.05, 4.69) is 10.6 Å². The molecule has 3 N–H and O–H groups in total. The van der Waals surface area contributed by atoms with Gasteiger partial charge in [-0.3, -0.25) is 0 Å². The number of amides is 2. The van der Waals surface area contributed by atoms with E-state index in [1.807, 2.05) is 0 Å². The molecule has 0 heterocycles. The molecule has 5 nitrogen and oxygen atoms in total. The fourth-order valence-corrected chi connectivity index (χ4v) is 3.21. The van der Waals surface area contributed by atoms with Crippen molar-refractivity contribution in [2.24, 2.45) is 5.92 Å². The smallest absolute Gasteiger partial charge is 0.315 e. The number of aliphatic hydroxyl groups is 1. The highest BCUT2D eigenvalue weighted by Gasteiger charge is 2.24. The molecule has 3 atom stereocenters. The summed E-state index contributed by atoms with van der Waals surface area (Å²) in [7, 11) is 1.56. The van der Waals surface area contributed by atoms with E-state index in [1.54, 1.807) is 19.2 Å². The van der Waals surface area contributed by atoms with Gasteiger partial charge in [-0.2, -0.15) is 0 Å². The molecule has 134 valence electrons. The van der Waals surface area contributed by atoms with Crippen LogP contribution in [-0.2, 0) is 4.74 Å². The lowest BCUT2D eigenvalue weighted by Crippen LogP contribution is -2.47. The Morgan fingerprint density at radius 2 is 2.00 bits per heavy atom. The van der Waals surface area contributed by atoms with Gasteiger partial charge in [0.2, 0.25) is 0 Å². The van der Waals surface area contributed by atoms with Gasteiger partial charge in [0.1, 0.15) is 5.82 Å². The van der Waals surface area contributed by atoms with Crippen LogP contribution in [0.4, 0.5) is 9.18 Å². The first-order valence-corrected chi connectivity index (χ1v) is 8.57. The average molecular weight is 338 g/mol. The maximum absolute atomic E-state index is 13.0. The molecule has 6 heteroatoms. The molecule has 0 aliphatic heterocycles. The Kier molecular flexibility index (Phi) is 7.46. The lowest BCUT2D eigenvalue weighted by Gasteiger charge is -2.25. The molecule has 1 fully saturated rings. The number of halogens is 1. The lowest BCUT2D eigenvalue weighted by atomic mass is 9.96. The monoisotopic (exact) mass is 338 g/mol. The van der Waals surface area contributed by atoms with Gasteiger partial charge in [0, 0.05) is 32.2 Å². The van der Waals surface area contributed by atoms with Gasteiger partial charge in [0.15, 0.2) is 0 Å². The van der Waals surface area contributed by atoms with Gasteiger partial charge in [-0.05, 0) is 30.5 Å².